The quantitative estimate of drug-likeness (QED) is 0.695. The van der Waals surface area contributed by atoms with Crippen molar-refractivity contribution in [3.05, 3.63) is 47.7 Å². The fourth-order valence-electron chi connectivity index (χ4n) is 2.64. The molecule has 2 aromatic heterocycles. The molecule has 3 aromatic rings. The van der Waals surface area contributed by atoms with Gasteiger partial charge in [0.2, 0.25) is 0 Å². The molecule has 0 amide bonds. The zero-order valence-corrected chi connectivity index (χ0v) is 13.7. The number of esters is 1. The van der Waals surface area contributed by atoms with Gasteiger partial charge in [0.05, 0.1) is 28.4 Å². The Balaban J connectivity index is 2.25. The molecule has 0 atom stereocenters. The highest BCUT2D eigenvalue weighted by molar-refractivity contribution is 6.05. The van der Waals surface area contributed by atoms with Gasteiger partial charge in [-0.15, -0.1) is 0 Å². The van der Waals surface area contributed by atoms with E-state index in [-0.39, 0.29) is 12.1 Å². The van der Waals surface area contributed by atoms with Gasteiger partial charge in [0.15, 0.2) is 5.65 Å². The summed E-state index contributed by atoms with van der Waals surface area (Å²) in [5, 5.41) is 5.14. The first-order chi connectivity index (χ1) is 11.0. The number of aromatic nitrogens is 3. The van der Waals surface area contributed by atoms with Gasteiger partial charge < -0.3 is 4.74 Å². The van der Waals surface area contributed by atoms with Gasteiger partial charge in [-0.25, -0.2) is 9.78 Å². The SMILES string of the molecule is Cc1nn(C)c2nc(-c3ccccc3)cc(C(=O)OC(C)C)c12. The number of rotatable bonds is 3. The minimum absolute atomic E-state index is 0.178. The molecule has 2 heterocycles. The second-order valence-corrected chi connectivity index (χ2v) is 5.78. The van der Waals surface area contributed by atoms with Crippen LogP contribution >= 0.6 is 0 Å². The van der Waals surface area contributed by atoms with Crippen molar-refractivity contribution >= 4 is 17.0 Å². The third-order valence-corrected chi connectivity index (χ3v) is 3.60. The molecule has 0 saturated heterocycles. The Kier molecular flexibility index (Phi) is 3.86. The maximum absolute atomic E-state index is 12.5. The van der Waals surface area contributed by atoms with E-state index in [4.69, 9.17) is 4.74 Å². The van der Waals surface area contributed by atoms with Crippen LogP contribution in [0.25, 0.3) is 22.3 Å². The summed E-state index contributed by atoms with van der Waals surface area (Å²) in [6.07, 6.45) is -0.178. The summed E-state index contributed by atoms with van der Waals surface area (Å²) in [6.45, 7) is 5.55. The smallest absolute Gasteiger partial charge is 0.339 e. The van der Waals surface area contributed by atoms with Crippen LogP contribution < -0.4 is 0 Å². The first kappa shape index (κ1) is 15.2. The summed E-state index contributed by atoms with van der Waals surface area (Å²) in [5.41, 5.74) is 3.64. The van der Waals surface area contributed by atoms with Crippen LogP contribution in [0.1, 0.15) is 29.9 Å². The Bertz CT molecular complexity index is 867. The molecule has 0 fully saturated rings. The van der Waals surface area contributed by atoms with Gasteiger partial charge in [-0.2, -0.15) is 5.10 Å². The Labute approximate surface area is 134 Å². The predicted octanol–water partition coefficient (Wildman–Crippen LogP) is 3.51. The van der Waals surface area contributed by atoms with Gasteiger partial charge in [-0.05, 0) is 26.8 Å². The lowest BCUT2D eigenvalue weighted by molar-refractivity contribution is 0.0380. The van der Waals surface area contributed by atoms with Crippen LogP contribution in [0.2, 0.25) is 0 Å². The van der Waals surface area contributed by atoms with E-state index in [0.29, 0.717) is 11.2 Å². The molecule has 0 aliphatic rings. The minimum Gasteiger partial charge on any atom is -0.459 e. The van der Waals surface area contributed by atoms with Crippen molar-refractivity contribution in [2.45, 2.75) is 26.9 Å². The molecule has 0 radical (unpaired) electrons. The van der Waals surface area contributed by atoms with Gasteiger partial charge in [-0.3, -0.25) is 4.68 Å². The molecule has 0 unspecified atom stereocenters. The molecule has 5 heteroatoms. The normalized spacial score (nSPS) is 11.2. The fourth-order valence-corrected chi connectivity index (χ4v) is 2.64. The van der Waals surface area contributed by atoms with E-state index >= 15 is 0 Å². The van der Waals surface area contributed by atoms with Crippen molar-refractivity contribution in [3.8, 4) is 11.3 Å². The summed E-state index contributed by atoms with van der Waals surface area (Å²) in [5.74, 6) is -0.347. The summed E-state index contributed by atoms with van der Waals surface area (Å²) >= 11 is 0. The first-order valence-corrected chi connectivity index (χ1v) is 7.58. The number of aryl methyl sites for hydroxylation is 2. The standard InChI is InChI=1S/C18H19N3O2/c1-11(2)23-18(22)14-10-15(13-8-6-5-7-9-13)19-17-16(14)12(3)20-21(17)4/h5-11H,1-4H3. The van der Waals surface area contributed by atoms with Crippen LogP contribution in [-0.4, -0.2) is 26.8 Å². The maximum Gasteiger partial charge on any atom is 0.339 e. The second kappa shape index (κ2) is 5.83. The van der Waals surface area contributed by atoms with Gasteiger partial charge in [0, 0.05) is 12.6 Å². The zero-order chi connectivity index (χ0) is 16.6. The van der Waals surface area contributed by atoms with E-state index in [9.17, 15) is 4.79 Å². The number of pyridine rings is 1. The summed E-state index contributed by atoms with van der Waals surface area (Å²) in [4.78, 5) is 17.2. The predicted molar refractivity (Wildman–Crippen MR) is 89.2 cm³/mol. The largest absolute Gasteiger partial charge is 0.459 e. The number of carbonyl (C=O) groups excluding carboxylic acids is 1. The summed E-state index contributed by atoms with van der Waals surface area (Å²) in [6, 6.07) is 11.6. The molecular formula is C18H19N3O2. The molecule has 0 bridgehead atoms. The van der Waals surface area contributed by atoms with Crippen molar-refractivity contribution in [1.29, 1.82) is 0 Å². The Hall–Kier alpha value is -2.69. The molecule has 23 heavy (non-hydrogen) atoms. The number of nitrogens with zero attached hydrogens (tertiary/aromatic N) is 3. The molecule has 3 rings (SSSR count). The molecule has 0 saturated carbocycles. The van der Waals surface area contributed by atoms with Crippen LogP contribution in [-0.2, 0) is 11.8 Å². The topological polar surface area (TPSA) is 57.0 Å². The Morgan fingerprint density at radius 1 is 1.22 bits per heavy atom. The van der Waals surface area contributed by atoms with Crippen molar-refractivity contribution in [1.82, 2.24) is 14.8 Å². The van der Waals surface area contributed by atoms with Crippen LogP contribution in [0.5, 0.6) is 0 Å². The van der Waals surface area contributed by atoms with Crippen molar-refractivity contribution in [2.24, 2.45) is 7.05 Å². The van der Waals surface area contributed by atoms with Gasteiger partial charge in [0.25, 0.3) is 0 Å². The average molecular weight is 309 g/mol. The number of fused-ring (bicyclic) bond motifs is 1. The number of carbonyl (C=O) groups is 1. The lowest BCUT2D eigenvalue weighted by Crippen LogP contribution is -2.12. The number of hydrogen-bond donors (Lipinski definition) is 0. The highest BCUT2D eigenvalue weighted by Crippen LogP contribution is 2.27. The van der Waals surface area contributed by atoms with E-state index in [1.807, 2.05) is 58.2 Å². The Morgan fingerprint density at radius 3 is 2.57 bits per heavy atom. The zero-order valence-electron chi connectivity index (χ0n) is 13.7. The lowest BCUT2D eigenvalue weighted by Gasteiger charge is -2.10. The van der Waals surface area contributed by atoms with Gasteiger partial charge in [-0.1, -0.05) is 30.3 Å². The number of hydrogen-bond acceptors (Lipinski definition) is 4. The average Bonchev–Trinajstić information content (AvgIpc) is 2.81. The van der Waals surface area contributed by atoms with E-state index < -0.39 is 0 Å². The van der Waals surface area contributed by atoms with Gasteiger partial charge >= 0.3 is 5.97 Å². The van der Waals surface area contributed by atoms with E-state index in [2.05, 4.69) is 10.1 Å². The highest BCUT2D eigenvalue weighted by Gasteiger charge is 2.20. The molecule has 0 spiro atoms. The Morgan fingerprint density at radius 2 is 1.91 bits per heavy atom. The molecular weight excluding hydrogens is 290 g/mol. The van der Waals surface area contributed by atoms with Crippen LogP contribution in [0, 0.1) is 6.92 Å². The molecule has 1 aromatic carbocycles. The fraction of sp³-hybridized carbons (Fsp3) is 0.278. The molecule has 5 nitrogen and oxygen atoms in total. The van der Waals surface area contributed by atoms with Crippen molar-refractivity contribution in [2.75, 3.05) is 0 Å². The van der Waals surface area contributed by atoms with Crippen molar-refractivity contribution < 1.29 is 9.53 Å². The first-order valence-electron chi connectivity index (χ1n) is 7.58. The van der Waals surface area contributed by atoms with Crippen molar-refractivity contribution in [3.63, 3.8) is 0 Å². The van der Waals surface area contributed by atoms with Crippen LogP contribution in [0.15, 0.2) is 36.4 Å². The maximum atomic E-state index is 12.5. The van der Waals surface area contributed by atoms with E-state index in [1.54, 1.807) is 10.7 Å². The highest BCUT2D eigenvalue weighted by atomic mass is 16.5. The van der Waals surface area contributed by atoms with Crippen LogP contribution in [0.4, 0.5) is 0 Å². The third kappa shape index (κ3) is 2.82. The second-order valence-electron chi connectivity index (χ2n) is 5.78. The molecule has 0 aliphatic heterocycles. The summed E-state index contributed by atoms with van der Waals surface area (Å²) in [7, 11) is 1.83. The monoisotopic (exact) mass is 309 g/mol. The summed E-state index contributed by atoms with van der Waals surface area (Å²) < 4.78 is 7.09. The minimum atomic E-state index is -0.347. The lowest BCUT2D eigenvalue weighted by atomic mass is 10.1. The number of benzene rings is 1. The van der Waals surface area contributed by atoms with Gasteiger partial charge in [0.1, 0.15) is 0 Å². The van der Waals surface area contributed by atoms with E-state index in [1.165, 1.54) is 0 Å². The molecule has 118 valence electrons. The number of ether oxygens (including phenoxy) is 1. The van der Waals surface area contributed by atoms with Crippen LogP contribution in [0.3, 0.4) is 0 Å². The molecule has 0 N–H and O–H groups in total. The molecule has 0 aliphatic carbocycles. The third-order valence-electron chi connectivity index (χ3n) is 3.60. The van der Waals surface area contributed by atoms with E-state index in [0.717, 1.165) is 22.3 Å².